The first-order chi connectivity index (χ1) is 14.1. The molecule has 0 fully saturated rings. The monoisotopic (exact) mass is 383 g/mol. The summed E-state index contributed by atoms with van der Waals surface area (Å²) in [6.45, 7) is 0. The summed E-state index contributed by atoms with van der Waals surface area (Å²) in [5.74, 6) is 1.03. The predicted molar refractivity (Wildman–Crippen MR) is 113 cm³/mol. The minimum Gasteiger partial charge on any atom is -0.457 e. The molecule has 0 spiro atoms. The lowest BCUT2D eigenvalue weighted by atomic mass is 9.79. The van der Waals surface area contributed by atoms with Crippen molar-refractivity contribution < 1.29 is 9.47 Å². The van der Waals surface area contributed by atoms with Crippen molar-refractivity contribution in [1.29, 1.82) is 10.7 Å². The number of ether oxygens (including phenoxy) is 2. The Bertz CT molecular complexity index is 1090. The zero-order chi connectivity index (χ0) is 20.4. The van der Waals surface area contributed by atoms with Gasteiger partial charge in [-0.2, -0.15) is 5.26 Å². The molecule has 0 saturated carbocycles. The molecule has 1 aliphatic heterocycles. The van der Waals surface area contributed by atoms with E-state index in [1.807, 2.05) is 91.8 Å². The minimum absolute atomic E-state index is 0.0321. The first kappa shape index (κ1) is 18.6. The highest BCUT2D eigenvalue weighted by Crippen LogP contribution is 2.44. The van der Waals surface area contributed by atoms with Crippen LogP contribution in [0, 0.1) is 22.7 Å². The molecule has 0 aliphatic carbocycles. The summed E-state index contributed by atoms with van der Waals surface area (Å²) in [4.78, 5) is 1.98. The fourth-order valence-corrected chi connectivity index (χ4v) is 3.56. The Kier molecular flexibility index (Phi) is 4.92. The van der Waals surface area contributed by atoms with Crippen LogP contribution in [0.3, 0.4) is 0 Å². The van der Waals surface area contributed by atoms with Gasteiger partial charge in [0.2, 0.25) is 5.90 Å². The van der Waals surface area contributed by atoms with Gasteiger partial charge in [0.05, 0.1) is 6.07 Å². The second kappa shape index (κ2) is 7.69. The molecule has 0 aromatic heterocycles. The van der Waals surface area contributed by atoms with E-state index in [9.17, 15) is 5.26 Å². The van der Waals surface area contributed by atoms with Gasteiger partial charge in [-0.25, -0.2) is 0 Å². The van der Waals surface area contributed by atoms with Gasteiger partial charge in [0.25, 0.3) is 0 Å². The Morgan fingerprint density at radius 2 is 1.72 bits per heavy atom. The van der Waals surface area contributed by atoms with Gasteiger partial charge in [-0.1, -0.05) is 36.4 Å². The number of nitriles is 1. The van der Waals surface area contributed by atoms with E-state index in [1.165, 1.54) is 0 Å². The summed E-state index contributed by atoms with van der Waals surface area (Å²) < 4.78 is 11.7. The maximum Gasteiger partial charge on any atom is 0.205 e. The fourth-order valence-electron chi connectivity index (χ4n) is 3.56. The van der Waals surface area contributed by atoms with E-state index >= 15 is 0 Å². The SMILES string of the molecule is CN(C)c1ccc2c(c1)OC(=N)C(C#N)C2c1cccc(Oc2ccccc2)c1. The van der Waals surface area contributed by atoms with Crippen LogP contribution in [0.5, 0.6) is 17.2 Å². The quantitative estimate of drug-likeness (QED) is 0.673. The number of rotatable bonds is 4. The Balaban J connectivity index is 1.76. The Morgan fingerprint density at radius 1 is 0.966 bits per heavy atom. The van der Waals surface area contributed by atoms with Crippen molar-refractivity contribution >= 4 is 11.6 Å². The van der Waals surface area contributed by atoms with E-state index in [0.717, 1.165) is 22.6 Å². The third-order valence-corrected chi connectivity index (χ3v) is 5.02. The van der Waals surface area contributed by atoms with Gasteiger partial charge in [-0.05, 0) is 35.9 Å². The van der Waals surface area contributed by atoms with Crippen LogP contribution < -0.4 is 14.4 Å². The van der Waals surface area contributed by atoms with E-state index in [4.69, 9.17) is 14.9 Å². The first-order valence-electron chi connectivity index (χ1n) is 9.37. The van der Waals surface area contributed by atoms with Gasteiger partial charge < -0.3 is 14.4 Å². The summed E-state index contributed by atoms with van der Waals surface area (Å²) in [6.07, 6.45) is 0. The molecule has 144 valence electrons. The molecule has 2 unspecified atom stereocenters. The third kappa shape index (κ3) is 3.65. The molecule has 3 aromatic carbocycles. The molecule has 0 saturated heterocycles. The second-order valence-electron chi connectivity index (χ2n) is 7.15. The molecular formula is C24H21N3O2. The van der Waals surface area contributed by atoms with Crippen molar-refractivity contribution in [2.45, 2.75) is 5.92 Å². The molecule has 4 rings (SSSR count). The van der Waals surface area contributed by atoms with Gasteiger partial charge in [0, 0.05) is 37.3 Å². The Morgan fingerprint density at radius 3 is 2.45 bits per heavy atom. The third-order valence-electron chi connectivity index (χ3n) is 5.02. The largest absolute Gasteiger partial charge is 0.457 e. The second-order valence-corrected chi connectivity index (χ2v) is 7.15. The topological polar surface area (TPSA) is 69.3 Å². The van der Waals surface area contributed by atoms with Crippen molar-refractivity contribution in [1.82, 2.24) is 0 Å². The van der Waals surface area contributed by atoms with Gasteiger partial charge in [0.1, 0.15) is 23.2 Å². The number of para-hydroxylation sites is 1. The number of nitrogens with one attached hydrogen (secondary N) is 1. The van der Waals surface area contributed by atoms with Gasteiger partial charge in [0.15, 0.2) is 0 Å². The van der Waals surface area contributed by atoms with Crippen LogP contribution in [0.25, 0.3) is 0 Å². The maximum absolute atomic E-state index is 9.76. The molecule has 3 aromatic rings. The molecule has 5 nitrogen and oxygen atoms in total. The molecule has 2 atom stereocenters. The molecule has 0 bridgehead atoms. The number of fused-ring (bicyclic) bond motifs is 1. The van der Waals surface area contributed by atoms with Crippen LogP contribution in [-0.2, 0) is 0 Å². The van der Waals surface area contributed by atoms with Gasteiger partial charge in [-0.15, -0.1) is 0 Å². The van der Waals surface area contributed by atoms with Crippen molar-refractivity contribution in [3.8, 4) is 23.3 Å². The molecule has 1 aliphatic rings. The smallest absolute Gasteiger partial charge is 0.205 e. The van der Waals surface area contributed by atoms with E-state index in [-0.39, 0.29) is 11.8 Å². The van der Waals surface area contributed by atoms with Crippen molar-refractivity contribution in [2.75, 3.05) is 19.0 Å². The van der Waals surface area contributed by atoms with Crippen LogP contribution in [0.2, 0.25) is 0 Å². The highest BCUT2D eigenvalue weighted by atomic mass is 16.5. The number of benzene rings is 3. The summed E-state index contributed by atoms with van der Waals surface area (Å²) in [5.41, 5.74) is 2.79. The highest BCUT2D eigenvalue weighted by Gasteiger charge is 2.37. The molecule has 0 amide bonds. The van der Waals surface area contributed by atoms with Crippen molar-refractivity contribution in [2.24, 2.45) is 5.92 Å². The zero-order valence-electron chi connectivity index (χ0n) is 16.3. The van der Waals surface area contributed by atoms with Gasteiger partial charge in [-0.3, -0.25) is 5.41 Å². The lowest BCUT2D eigenvalue weighted by Crippen LogP contribution is -2.31. The van der Waals surface area contributed by atoms with E-state index in [0.29, 0.717) is 11.5 Å². The summed E-state index contributed by atoms with van der Waals surface area (Å²) >= 11 is 0. The van der Waals surface area contributed by atoms with Crippen molar-refractivity contribution in [3.63, 3.8) is 0 Å². The van der Waals surface area contributed by atoms with Crippen LogP contribution in [0.4, 0.5) is 5.69 Å². The van der Waals surface area contributed by atoms with E-state index in [1.54, 1.807) is 0 Å². The zero-order valence-corrected chi connectivity index (χ0v) is 16.3. The average Bonchev–Trinajstić information content (AvgIpc) is 2.73. The Hall–Kier alpha value is -3.78. The lowest BCUT2D eigenvalue weighted by molar-refractivity contribution is 0.448. The average molecular weight is 383 g/mol. The summed E-state index contributed by atoms with van der Waals surface area (Å²) in [7, 11) is 3.91. The van der Waals surface area contributed by atoms with Crippen molar-refractivity contribution in [3.05, 3.63) is 83.9 Å². The number of hydrogen-bond donors (Lipinski definition) is 1. The summed E-state index contributed by atoms with van der Waals surface area (Å²) in [5, 5.41) is 18.0. The standard InChI is InChI=1S/C24H21N3O2/c1-27(2)17-11-12-20-22(14-17)29-24(26)21(15-25)23(20)16-7-6-10-19(13-16)28-18-8-4-3-5-9-18/h3-14,21,23,26H,1-2H3. The van der Waals surface area contributed by atoms with Crippen LogP contribution in [-0.4, -0.2) is 20.0 Å². The molecule has 1 heterocycles. The van der Waals surface area contributed by atoms with Crippen LogP contribution >= 0.6 is 0 Å². The highest BCUT2D eigenvalue weighted by molar-refractivity contribution is 5.85. The summed E-state index contributed by atoms with van der Waals surface area (Å²) in [6, 6.07) is 25.4. The molecule has 5 heteroatoms. The van der Waals surface area contributed by atoms with Gasteiger partial charge >= 0.3 is 0 Å². The van der Waals surface area contributed by atoms with E-state index < -0.39 is 5.92 Å². The first-order valence-corrected chi connectivity index (χ1v) is 9.37. The normalized spacial score (nSPS) is 17.6. The maximum atomic E-state index is 9.76. The minimum atomic E-state index is -0.695. The fraction of sp³-hybridized carbons (Fsp3) is 0.167. The van der Waals surface area contributed by atoms with E-state index in [2.05, 4.69) is 6.07 Å². The van der Waals surface area contributed by atoms with Crippen LogP contribution in [0.1, 0.15) is 17.0 Å². The van der Waals surface area contributed by atoms with Crippen LogP contribution in [0.15, 0.2) is 72.8 Å². The number of hydrogen-bond acceptors (Lipinski definition) is 5. The number of anilines is 1. The molecule has 29 heavy (non-hydrogen) atoms. The predicted octanol–water partition coefficient (Wildman–Crippen LogP) is 5.19. The lowest BCUT2D eigenvalue weighted by Gasteiger charge is -2.31. The number of nitrogens with zero attached hydrogens (tertiary/aromatic N) is 2. The Labute approximate surface area is 170 Å². The molecule has 1 N–H and O–H groups in total. The molecular weight excluding hydrogens is 362 g/mol. The molecule has 0 radical (unpaired) electrons.